The number of aromatic nitrogens is 2. The van der Waals surface area contributed by atoms with Crippen molar-refractivity contribution in [2.75, 3.05) is 0 Å². The Morgan fingerprint density at radius 2 is 2.33 bits per heavy atom. The van der Waals surface area contributed by atoms with E-state index in [-0.39, 0.29) is 5.82 Å². The van der Waals surface area contributed by atoms with E-state index in [1.54, 1.807) is 18.3 Å². The molecule has 2 aromatic rings. The Morgan fingerprint density at radius 1 is 1.53 bits per heavy atom. The van der Waals surface area contributed by atoms with Gasteiger partial charge in [-0.1, -0.05) is 0 Å². The topological polar surface area (TPSA) is 41.6 Å². The van der Waals surface area contributed by atoms with E-state index in [0.717, 1.165) is 0 Å². The van der Waals surface area contributed by atoms with Gasteiger partial charge in [-0.25, -0.2) is 9.37 Å². The lowest BCUT2D eigenvalue weighted by molar-refractivity contribution is 0.608. The van der Waals surface area contributed by atoms with Gasteiger partial charge in [0.15, 0.2) is 11.6 Å². The predicted molar refractivity (Wildman–Crippen MR) is 55.9 cm³/mol. The molecule has 0 bridgehead atoms. The highest BCUT2D eigenvalue weighted by Crippen LogP contribution is 2.17. The number of rotatable bonds is 1. The van der Waals surface area contributed by atoms with Gasteiger partial charge < -0.3 is 0 Å². The van der Waals surface area contributed by atoms with Gasteiger partial charge in [-0.3, -0.25) is 4.57 Å². The molecule has 0 saturated carbocycles. The van der Waals surface area contributed by atoms with Gasteiger partial charge >= 0.3 is 0 Å². The SMILES string of the molecule is N#Cc1cccn1-c1ncc(Br)cc1F. The number of hydrogen-bond donors (Lipinski definition) is 0. The summed E-state index contributed by atoms with van der Waals surface area (Å²) in [5, 5.41) is 8.78. The second kappa shape index (κ2) is 3.83. The largest absolute Gasteiger partial charge is 0.290 e. The maximum atomic E-state index is 13.5. The molecular formula is C10H5BrFN3. The Bertz CT molecular complexity index is 542. The van der Waals surface area contributed by atoms with Crippen molar-refractivity contribution in [2.45, 2.75) is 0 Å². The van der Waals surface area contributed by atoms with E-state index in [0.29, 0.717) is 10.2 Å². The average molecular weight is 266 g/mol. The summed E-state index contributed by atoms with van der Waals surface area (Å²) >= 11 is 3.12. The maximum Gasteiger partial charge on any atom is 0.174 e. The second-order valence-corrected chi connectivity index (χ2v) is 3.75. The molecule has 2 heterocycles. The predicted octanol–water partition coefficient (Wildman–Crippen LogP) is 2.65. The molecule has 0 atom stereocenters. The number of halogens is 2. The van der Waals surface area contributed by atoms with Gasteiger partial charge in [-0.05, 0) is 34.1 Å². The summed E-state index contributed by atoms with van der Waals surface area (Å²) in [7, 11) is 0. The molecule has 0 aliphatic carbocycles. The van der Waals surface area contributed by atoms with Gasteiger partial charge in [-0.15, -0.1) is 0 Å². The lowest BCUT2D eigenvalue weighted by atomic mass is 10.4. The Kier molecular flexibility index (Phi) is 2.52. The molecule has 2 rings (SSSR count). The molecule has 0 aliphatic rings. The highest BCUT2D eigenvalue weighted by atomic mass is 79.9. The second-order valence-electron chi connectivity index (χ2n) is 2.83. The van der Waals surface area contributed by atoms with E-state index in [9.17, 15) is 4.39 Å². The normalized spacial score (nSPS) is 9.93. The molecule has 3 nitrogen and oxygen atoms in total. The molecule has 74 valence electrons. The Hall–Kier alpha value is -1.67. The van der Waals surface area contributed by atoms with Crippen LogP contribution in [0.4, 0.5) is 4.39 Å². The van der Waals surface area contributed by atoms with E-state index < -0.39 is 5.82 Å². The maximum absolute atomic E-state index is 13.5. The fourth-order valence-electron chi connectivity index (χ4n) is 1.24. The van der Waals surface area contributed by atoms with E-state index in [4.69, 9.17) is 5.26 Å². The zero-order valence-electron chi connectivity index (χ0n) is 7.48. The standard InChI is InChI=1S/C10H5BrFN3/c11-7-4-9(12)10(14-6-7)15-3-1-2-8(15)5-13/h1-4,6H. The summed E-state index contributed by atoms with van der Waals surface area (Å²) in [6.45, 7) is 0. The molecule has 0 fully saturated rings. The van der Waals surface area contributed by atoms with Crippen LogP contribution in [-0.4, -0.2) is 9.55 Å². The first-order chi connectivity index (χ1) is 7.22. The highest BCUT2D eigenvalue weighted by molar-refractivity contribution is 9.10. The van der Waals surface area contributed by atoms with E-state index in [1.807, 2.05) is 6.07 Å². The Labute approximate surface area is 93.9 Å². The summed E-state index contributed by atoms with van der Waals surface area (Å²) in [5.41, 5.74) is 0.351. The van der Waals surface area contributed by atoms with Crippen molar-refractivity contribution in [3.8, 4) is 11.9 Å². The van der Waals surface area contributed by atoms with Crippen LogP contribution in [0.15, 0.2) is 35.1 Å². The van der Waals surface area contributed by atoms with E-state index in [1.165, 1.54) is 16.8 Å². The first kappa shape index (κ1) is 9.87. The zero-order valence-corrected chi connectivity index (χ0v) is 9.07. The van der Waals surface area contributed by atoms with Crippen LogP contribution in [-0.2, 0) is 0 Å². The van der Waals surface area contributed by atoms with Crippen LogP contribution in [0.1, 0.15) is 5.69 Å². The monoisotopic (exact) mass is 265 g/mol. The molecule has 0 aromatic carbocycles. The van der Waals surface area contributed by atoms with E-state index in [2.05, 4.69) is 20.9 Å². The van der Waals surface area contributed by atoms with Gasteiger partial charge in [0.1, 0.15) is 11.8 Å². The minimum atomic E-state index is -0.475. The first-order valence-corrected chi connectivity index (χ1v) is 4.90. The fraction of sp³-hybridized carbons (Fsp3) is 0. The lowest BCUT2D eigenvalue weighted by Crippen LogP contribution is -2.01. The molecule has 0 spiro atoms. The Morgan fingerprint density at radius 3 is 3.00 bits per heavy atom. The van der Waals surface area contributed by atoms with Crippen LogP contribution in [0.25, 0.3) is 5.82 Å². The number of nitriles is 1. The van der Waals surface area contributed by atoms with Crippen molar-refractivity contribution in [1.82, 2.24) is 9.55 Å². The molecule has 0 radical (unpaired) electrons. The van der Waals surface area contributed by atoms with Crippen molar-refractivity contribution in [3.63, 3.8) is 0 Å². The fourth-order valence-corrected chi connectivity index (χ4v) is 1.54. The molecule has 5 heteroatoms. The summed E-state index contributed by atoms with van der Waals surface area (Å²) in [6.07, 6.45) is 3.08. The third-order valence-corrected chi connectivity index (χ3v) is 2.31. The number of hydrogen-bond acceptors (Lipinski definition) is 2. The lowest BCUT2D eigenvalue weighted by Gasteiger charge is -2.04. The van der Waals surface area contributed by atoms with Gasteiger partial charge in [0.05, 0.1) is 0 Å². The van der Waals surface area contributed by atoms with Gasteiger partial charge in [0.25, 0.3) is 0 Å². The van der Waals surface area contributed by atoms with Crippen LogP contribution in [0.2, 0.25) is 0 Å². The van der Waals surface area contributed by atoms with Crippen LogP contribution in [0.3, 0.4) is 0 Å². The van der Waals surface area contributed by atoms with Crippen molar-refractivity contribution in [3.05, 3.63) is 46.6 Å². The average Bonchev–Trinajstić information content (AvgIpc) is 2.65. The van der Waals surface area contributed by atoms with Crippen LogP contribution in [0.5, 0.6) is 0 Å². The summed E-state index contributed by atoms with van der Waals surface area (Å²) < 4.78 is 15.5. The van der Waals surface area contributed by atoms with Gasteiger partial charge in [0, 0.05) is 16.9 Å². The molecule has 15 heavy (non-hydrogen) atoms. The molecule has 2 aromatic heterocycles. The third kappa shape index (κ3) is 1.76. The third-order valence-electron chi connectivity index (χ3n) is 1.88. The number of nitrogens with zero attached hydrogens (tertiary/aromatic N) is 3. The molecule has 0 saturated heterocycles. The van der Waals surface area contributed by atoms with Crippen LogP contribution in [0, 0.1) is 17.1 Å². The molecule has 0 N–H and O–H groups in total. The Balaban J connectivity index is 2.60. The molecular weight excluding hydrogens is 261 g/mol. The summed E-state index contributed by atoms with van der Waals surface area (Å²) in [4.78, 5) is 3.92. The highest BCUT2D eigenvalue weighted by Gasteiger charge is 2.09. The quantitative estimate of drug-likeness (QED) is 0.796. The van der Waals surface area contributed by atoms with E-state index >= 15 is 0 Å². The minimum absolute atomic E-state index is 0.125. The van der Waals surface area contributed by atoms with Crippen molar-refractivity contribution in [2.24, 2.45) is 0 Å². The van der Waals surface area contributed by atoms with Crippen molar-refractivity contribution >= 4 is 15.9 Å². The van der Waals surface area contributed by atoms with Crippen molar-refractivity contribution in [1.29, 1.82) is 5.26 Å². The van der Waals surface area contributed by atoms with Crippen LogP contribution < -0.4 is 0 Å². The first-order valence-electron chi connectivity index (χ1n) is 4.11. The van der Waals surface area contributed by atoms with Crippen molar-refractivity contribution < 1.29 is 4.39 Å². The molecule has 0 aliphatic heterocycles. The smallest absolute Gasteiger partial charge is 0.174 e. The zero-order chi connectivity index (χ0) is 10.8. The summed E-state index contributed by atoms with van der Waals surface area (Å²) in [5.74, 6) is -0.350. The summed E-state index contributed by atoms with van der Waals surface area (Å²) in [6, 6.07) is 6.54. The molecule has 0 amide bonds. The van der Waals surface area contributed by atoms with Gasteiger partial charge in [0.2, 0.25) is 0 Å². The number of pyridine rings is 1. The minimum Gasteiger partial charge on any atom is -0.290 e. The van der Waals surface area contributed by atoms with Crippen LogP contribution >= 0.6 is 15.9 Å². The van der Waals surface area contributed by atoms with Gasteiger partial charge in [-0.2, -0.15) is 5.26 Å². The molecule has 0 unspecified atom stereocenters.